The molecule has 1 aromatic carbocycles. The lowest BCUT2D eigenvalue weighted by atomic mass is 9.85. The van der Waals surface area contributed by atoms with Gasteiger partial charge in [0.1, 0.15) is 17.7 Å². The van der Waals surface area contributed by atoms with E-state index in [1.54, 1.807) is 0 Å². The number of carbonyl (C=O) groups is 1. The maximum atomic E-state index is 13.4. The number of hydrogen-bond donors (Lipinski definition) is 1. The molecule has 1 heterocycles. The van der Waals surface area contributed by atoms with E-state index in [-0.39, 0.29) is 12.3 Å². The van der Waals surface area contributed by atoms with Gasteiger partial charge >= 0.3 is 5.97 Å². The van der Waals surface area contributed by atoms with Crippen LogP contribution >= 0.6 is 0 Å². The minimum Gasteiger partial charge on any atom is -0.480 e. The van der Waals surface area contributed by atoms with Gasteiger partial charge < -0.3 is 5.11 Å². The molecule has 1 aliphatic carbocycles. The van der Waals surface area contributed by atoms with Crippen molar-refractivity contribution in [2.24, 2.45) is 5.92 Å². The zero-order valence-electron chi connectivity index (χ0n) is 12.3. The molecule has 1 saturated heterocycles. The van der Waals surface area contributed by atoms with E-state index in [0.29, 0.717) is 12.5 Å². The highest BCUT2D eigenvalue weighted by atomic mass is 32.2. The highest BCUT2D eigenvalue weighted by Crippen LogP contribution is 2.42. The van der Waals surface area contributed by atoms with Crippen LogP contribution in [0.2, 0.25) is 0 Å². The quantitative estimate of drug-likeness (QED) is 0.913. The standard InChI is InChI=1S/C15H17F2NO4S/c16-10-6-11(17)8-12(7-10)23(21,22)18-13-4-2-1-3-9(13)5-14(18)15(19)20/h6-9,13-14H,1-5H2,(H,19,20). The molecule has 0 bridgehead atoms. The number of fused-ring (bicyclic) bond motifs is 1. The molecule has 1 N–H and O–H groups in total. The van der Waals surface area contributed by atoms with E-state index in [2.05, 4.69) is 0 Å². The van der Waals surface area contributed by atoms with Gasteiger partial charge in [-0.3, -0.25) is 4.79 Å². The molecule has 23 heavy (non-hydrogen) atoms. The minimum atomic E-state index is -4.28. The Morgan fingerprint density at radius 2 is 1.74 bits per heavy atom. The number of nitrogens with zero attached hydrogens (tertiary/aromatic N) is 1. The van der Waals surface area contributed by atoms with E-state index in [9.17, 15) is 27.1 Å². The van der Waals surface area contributed by atoms with Gasteiger partial charge in [0.25, 0.3) is 0 Å². The summed E-state index contributed by atoms with van der Waals surface area (Å²) in [6.45, 7) is 0. The van der Waals surface area contributed by atoms with Crippen LogP contribution in [0.1, 0.15) is 32.1 Å². The third-order valence-corrected chi connectivity index (χ3v) is 6.64. The van der Waals surface area contributed by atoms with Crippen LogP contribution in [0.3, 0.4) is 0 Å². The normalized spacial score (nSPS) is 28.5. The van der Waals surface area contributed by atoms with Crippen LogP contribution in [-0.2, 0) is 14.8 Å². The van der Waals surface area contributed by atoms with Crippen molar-refractivity contribution in [2.45, 2.75) is 49.1 Å². The first-order valence-corrected chi connectivity index (χ1v) is 8.97. The van der Waals surface area contributed by atoms with Crippen molar-refractivity contribution in [1.82, 2.24) is 4.31 Å². The summed E-state index contributed by atoms with van der Waals surface area (Å²) in [7, 11) is -4.28. The van der Waals surface area contributed by atoms with Crippen LogP contribution in [0.25, 0.3) is 0 Å². The summed E-state index contributed by atoms with van der Waals surface area (Å²) < 4.78 is 53.4. The summed E-state index contributed by atoms with van der Waals surface area (Å²) in [5.41, 5.74) is 0. The molecule has 0 amide bonds. The molecule has 8 heteroatoms. The van der Waals surface area contributed by atoms with Crippen molar-refractivity contribution in [3.63, 3.8) is 0 Å². The number of carboxylic acids is 1. The number of aliphatic carboxylic acids is 1. The molecular formula is C15H17F2NO4S. The van der Waals surface area contributed by atoms with Gasteiger partial charge in [-0.05, 0) is 37.3 Å². The van der Waals surface area contributed by atoms with Crippen molar-refractivity contribution >= 4 is 16.0 Å². The summed E-state index contributed by atoms with van der Waals surface area (Å²) in [5.74, 6) is -3.25. The predicted molar refractivity (Wildman–Crippen MR) is 77.2 cm³/mol. The number of benzene rings is 1. The fourth-order valence-electron chi connectivity index (χ4n) is 3.77. The van der Waals surface area contributed by atoms with Crippen LogP contribution in [0.4, 0.5) is 8.78 Å². The molecule has 0 spiro atoms. The van der Waals surface area contributed by atoms with Crippen molar-refractivity contribution in [3.8, 4) is 0 Å². The lowest BCUT2D eigenvalue weighted by molar-refractivity contribution is -0.141. The average molecular weight is 345 g/mol. The van der Waals surface area contributed by atoms with E-state index in [1.165, 1.54) is 0 Å². The molecule has 1 aliphatic heterocycles. The molecule has 3 unspecified atom stereocenters. The van der Waals surface area contributed by atoms with Crippen molar-refractivity contribution in [1.29, 1.82) is 0 Å². The maximum Gasteiger partial charge on any atom is 0.322 e. The van der Waals surface area contributed by atoms with Gasteiger partial charge in [0.15, 0.2) is 0 Å². The van der Waals surface area contributed by atoms with Crippen LogP contribution in [0.15, 0.2) is 23.1 Å². The second kappa shape index (κ2) is 5.83. The first-order valence-electron chi connectivity index (χ1n) is 7.53. The first-order chi connectivity index (χ1) is 10.8. The molecule has 0 aromatic heterocycles. The molecule has 5 nitrogen and oxygen atoms in total. The van der Waals surface area contributed by atoms with E-state index in [0.717, 1.165) is 35.7 Å². The van der Waals surface area contributed by atoms with Crippen LogP contribution in [-0.4, -0.2) is 35.9 Å². The number of carboxylic acid groups (broad SMARTS) is 1. The molecule has 2 aliphatic rings. The molecule has 126 valence electrons. The van der Waals surface area contributed by atoms with Crippen molar-refractivity contribution in [3.05, 3.63) is 29.8 Å². The average Bonchev–Trinajstić information content (AvgIpc) is 2.86. The largest absolute Gasteiger partial charge is 0.480 e. The monoisotopic (exact) mass is 345 g/mol. The van der Waals surface area contributed by atoms with Crippen LogP contribution < -0.4 is 0 Å². The van der Waals surface area contributed by atoms with Crippen LogP contribution in [0, 0.1) is 17.6 Å². The highest BCUT2D eigenvalue weighted by molar-refractivity contribution is 7.89. The smallest absolute Gasteiger partial charge is 0.322 e. The number of sulfonamides is 1. The maximum absolute atomic E-state index is 13.4. The fraction of sp³-hybridized carbons (Fsp3) is 0.533. The zero-order valence-corrected chi connectivity index (χ0v) is 13.1. The zero-order chi connectivity index (χ0) is 16.8. The van der Waals surface area contributed by atoms with E-state index < -0.39 is 44.6 Å². The Morgan fingerprint density at radius 3 is 2.35 bits per heavy atom. The third-order valence-electron chi connectivity index (χ3n) is 4.73. The minimum absolute atomic E-state index is 0.0157. The Labute approximate surface area is 133 Å². The molecule has 0 radical (unpaired) electrons. The van der Waals surface area contributed by atoms with Gasteiger partial charge in [-0.25, -0.2) is 17.2 Å². The first kappa shape index (κ1) is 16.3. The second-order valence-electron chi connectivity index (χ2n) is 6.14. The Morgan fingerprint density at radius 1 is 1.13 bits per heavy atom. The molecule has 1 aromatic rings. The van der Waals surface area contributed by atoms with Gasteiger partial charge in [0.2, 0.25) is 10.0 Å². The van der Waals surface area contributed by atoms with E-state index >= 15 is 0 Å². The second-order valence-corrected chi connectivity index (χ2v) is 7.98. The van der Waals surface area contributed by atoms with Gasteiger partial charge in [-0.2, -0.15) is 4.31 Å². The Kier molecular flexibility index (Phi) is 4.14. The lowest BCUT2D eigenvalue weighted by Crippen LogP contribution is -2.46. The van der Waals surface area contributed by atoms with Crippen molar-refractivity contribution in [2.75, 3.05) is 0 Å². The summed E-state index contributed by atoms with van der Waals surface area (Å²) in [6, 6.07) is 0.447. The number of rotatable bonds is 3. The third kappa shape index (κ3) is 2.85. The molecule has 2 fully saturated rings. The summed E-state index contributed by atoms with van der Waals surface area (Å²) in [4.78, 5) is 11.0. The summed E-state index contributed by atoms with van der Waals surface area (Å²) >= 11 is 0. The van der Waals surface area contributed by atoms with Gasteiger partial charge in [0.05, 0.1) is 4.90 Å². The Bertz CT molecular complexity index is 717. The molecule has 3 rings (SSSR count). The Hall–Kier alpha value is -1.54. The molecule has 3 atom stereocenters. The highest BCUT2D eigenvalue weighted by Gasteiger charge is 2.51. The fourth-order valence-corrected chi connectivity index (χ4v) is 5.69. The molecular weight excluding hydrogens is 328 g/mol. The van der Waals surface area contributed by atoms with E-state index in [1.807, 2.05) is 0 Å². The van der Waals surface area contributed by atoms with Gasteiger partial charge in [-0.15, -0.1) is 0 Å². The number of hydrogen-bond acceptors (Lipinski definition) is 3. The van der Waals surface area contributed by atoms with Gasteiger partial charge in [0, 0.05) is 12.1 Å². The summed E-state index contributed by atoms with van der Waals surface area (Å²) in [6.07, 6.45) is 3.35. The Balaban J connectivity index is 2.06. The van der Waals surface area contributed by atoms with Crippen LogP contribution in [0.5, 0.6) is 0 Å². The lowest BCUT2D eigenvalue weighted by Gasteiger charge is -2.32. The molecule has 1 saturated carbocycles. The number of halogens is 2. The SMILES string of the molecule is O=C(O)C1CC2CCCCC2N1S(=O)(=O)c1cc(F)cc(F)c1. The van der Waals surface area contributed by atoms with Crippen molar-refractivity contribution < 1.29 is 27.1 Å². The van der Waals surface area contributed by atoms with E-state index in [4.69, 9.17) is 0 Å². The summed E-state index contributed by atoms with van der Waals surface area (Å²) in [5, 5.41) is 9.40. The topological polar surface area (TPSA) is 74.7 Å². The van der Waals surface area contributed by atoms with Gasteiger partial charge in [-0.1, -0.05) is 12.8 Å². The predicted octanol–water partition coefficient (Wildman–Crippen LogP) is 2.37.